The third-order valence-electron chi connectivity index (χ3n) is 9.56. The maximum absolute atomic E-state index is 2.94. The van der Waals surface area contributed by atoms with Gasteiger partial charge in [0, 0.05) is 0 Å². The van der Waals surface area contributed by atoms with Crippen LogP contribution in [0.25, 0.3) is 0 Å². The minimum atomic E-state index is -1.63. The van der Waals surface area contributed by atoms with E-state index >= 15 is 0 Å². The first-order chi connectivity index (χ1) is 29.3. The van der Waals surface area contributed by atoms with E-state index < -0.39 is 43.0 Å². The molecule has 0 saturated heterocycles. The van der Waals surface area contributed by atoms with Crippen molar-refractivity contribution in [2.45, 2.75) is 0 Å². The van der Waals surface area contributed by atoms with Crippen LogP contribution in [0.1, 0.15) is 0 Å². The molecule has 9 aromatic carbocycles. The van der Waals surface area contributed by atoms with Gasteiger partial charge < -0.3 is 0 Å². The fourth-order valence-corrected chi connectivity index (χ4v) is 23.2. The van der Waals surface area contributed by atoms with Crippen molar-refractivity contribution in [2.24, 2.45) is 0 Å². The predicted octanol–water partition coefficient (Wildman–Crippen LogP) is 7.07. The summed E-state index contributed by atoms with van der Waals surface area (Å²) in [4.78, 5) is 0. The molecular formula is C54H45BrGe4. The van der Waals surface area contributed by atoms with Crippen molar-refractivity contribution < 1.29 is 0 Å². The molecule has 0 aliphatic rings. The van der Waals surface area contributed by atoms with Gasteiger partial charge in [-0.3, -0.25) is 0 Å². The molecule has 0 amide bonds. The van der Waals surface area contributed by atoms with Crippen LogP contribution in [-0.2, 0) is 0 Å². The first-order valence-electron chi connectivity index (χ1n) is 19.6. The van der Waals surface area contributed by atoms with Gasteiger partial charge in [0.25, 0.3) is 0 Å². The minimum absolute atomic E-state index is 1.50. The van der Waals surface area contributed by atoms with Crippen molar-refractivity contribution in [3.8, 4) is 0 Å². The Morgan fingerprint density at radius 3 is 0.339 bits per heavy atom. The van der Waals surface area contributed by atoms with Crippen LogP contribution in [0.2, 0.25) is 0 Å². The second-order valence-electron chi connectivity index (χ2n) is 13.4. The molecule has 0 aliphatic heterocycles. The Morgan fingerprint density at radius 2 is 0.254 bits per heavy atom. The molecule has 0 spiro atoms. The molecule has 5 heteroatoms. The van der Waals surface area contributed by atoms with Crippen molar-refractivity contribution in [2.75, 3.05) is 0 Å². The Labute approximate surface area is 380 Å². The summed E-state index contributed by atoms with van der Waals surface area (Å²) < 4.78 is 13.5. The second kappa shape index (κ2) is 25.3. The van der Waals surface area contributed by atoms with E-state index in [1.165, 1.54) is 39.6 Å². The molecule has 284 valence electrons. The SMILES string of the molecule is [Ge][Br].c1cc[c]([Ge]([c]2ccccc2)[c]2ccccc2)cc1.c1cc[c]([Ge]([c]2ccccc2)[c]2ccccc2)cc1.c1cc[c]([Ge]([c]2ccccc2)[c]2ccccc2)cc1. The van der Waals surface area contributed by atoms with E-state index in [4.69, 9.17) is 0 Å². The fourth-order valence-electron chi connectivity index (χ4n) is 6.94. The van der Waals surface area contributed by atoms with Gasteiger partial charge >= 0.3 is 384 Å². The standard InChI is InChI=1S/3C18H15Ge.BrGe/c3*1-4-10-16(11-5-1)19(17-12-6-2-7-13-17)18-14-8-3-9-15-18;1-2/h3*1-15H;. The quantitative estimate of drug-likeness (QED) is 0.136. The van der Waals surface area contributed by atoms with Crippen molar-refractivity contribution >= 4 is 111 Å². The van der Waals surface area contributed by atoms with E-state index in [9.17, 15) is 0 Å². The topological polar surface area (TPSA) is 0 Å². The molecule has 9 rings (SSSR count). The molecule has 0 aromatic heterocycles. The molecule has 0 unspecified atom stereocenters. The Hall–Kier alpha value is -4.37. The molecule has 0 heterocycles. The molecular weight excluding hydrogens is 1020 g/mol. The Bertz CT molecular complexity index is 1860. The van der Waals surface area contributed by atoms with Gasteiger partial charge in [0.1, 0.15) is 0 Å². The van der Waals surface area contributed by atoms with Gasteiger partial charge in [-0.15, -0.1) is 0 Å². The summed E-state index contributed by atoms with van der Waals surface area (Å²) in [6.45, 7) is 0. The average molecular weight is 1060 g/mol. The summed E-state index contributed by atoms with van der Waals surface area (Å²) in [6, 6.07) is 98.4. The third-order valence-corrected chi connectivity index (χ3v) is 26.8. The van der Waals surface area contributed by atoms with E-state index in [1.807, 2.05) is 14.7 Å². The van der Waals surface area contributed by atoms with Gasteiger partial charge in [0.05, 0.1) is 0 Å². The van der Waals surface area contributed by atoms with E-state index in [-0.39, 0.29) is 0 Å². The third kappa shape index (κ3) is 13.3. The van der Waals surface area contributed by atoms with E-state index in [2.05, 4.69) is 287 Å². The van der Waals surface area contributed by atoms with Gasteiger partial charge in [-0.1, -0.05) is 0 Å². The number of hydrogen-bond donors (Lipinski definition) is 0. The van der Waals surface area contributed by atoms with Gasteiger partial charge in [0.2, 0.25) is 0 Å². The number of halogens is 1. The maximum atomic E-state index is 2.94. The van der Waals surface area contributed by atoms with Gasteiger partial charge in [0.15, 0.2) is 0 Å². The summed E-state index contributed by atoms with van der Waals surface area (Å²) in [6.07, 6.45) is 0. The average Bonchev–Trinajstić information content (AvgIpc) is 3.34. The second-order valence-corrected chi connectivity index (χ2v) is 29.0. The summed E-state index contributed by atoms with van der Waals surface area (Å²) in [7, 11) is 0. The van der Waals surface area contributed by atoms with E-state index in [1.54, 1.807) is 0 Å². The Kier molecular flexibility index (Phi) is 18.9. The van der Waals surface area contributed by atoms with Crippen LogP contribution in [0.15, 0.2) is 273 Å². The van der Waals surface area contributed by atoms with Crippen LogP contribution < -0.4 is 39.6 Å². The molecule has 0 bridgehead atoms. The molecule has 6 radical (unpaired) electrons. The fraction of sp³-hybridized carbons (Fsp3) is 0. The van der Waals surface area contributed by atoms with Crippen LogP contribution in [0, 0.1) is 0 Å². The molecule has 0 saturated carbocycles. The van der Waals surface area contributed by atoms with Crippen molar-refractivity contribution in [3.05, 3.63) is 273 Å². The molecule has 0 aliphatic carbocycles. The molecule has 0 nitrogen and oxygen atoms in total. The predicted molar refractivity (Wildman–Crippen MR) is 267 cm³/mol. The monoisotopic (exact) mass is 1070 g/mol. The molecule has 0 fully saturated rings. The van der Waals surface area contributed by atoms with Crippen LogP contribution in [0.4, 0.5) is 0 Å². The first kappa shape index (κ1) is 44.2. The summed E-state index contributed by atoms with van der Waals surface area (Å²) >= 11 is -0.147. The van der Waals surface area contributed by atoms with Gasteiger partial charge in [-0.25, -0.2) is 0 Å². The first-order valence-corrected chi connectivity index (χ1v) is 34.0. The van der Waals surface area contributed by atoms with Crippen molar-refractivity contribution in [1.29, 1.82) is 0 Å². The van der Waals surface area contributed by atoms with E-state index in [0.29, 0.717) is 0 Å². The van der Waals surface area contributed by atoms with Crippen LogP contribution in [0.5, 0.6) is 0 Å². The zero-order valence-corrected chi connectivity index (χ0v) is 42.8. The summed E-state index contributed by atoms with van der Waals surface area (Å²) in [5.41, 5.74) is 0. The van der Waals surface area contributed by atoms with Crippen molar-refractivity contribution in [1.82, 2.24) is 0 Å². The van der Waals surface area contributed by atoms with Gasteiger partial charge in [-0.2, -0.15) is 0 Å². The van der Waals surface area contributed by atoms with Crippen molar-refractivity contribution in [3.63, 3.8) is 0 Å². The van der Waals surface area contributed by atoms with Crippen LogP contribution in [-0.4, -0.2) is 57.7 Å². The van der Waals surface area contributed by atoms with Crippen LogP contribution >= 0.6 is 14.0 Å². The molecule has 0 atom stereocenters. The zero-order chi connectivity index (χ0) is 40.7. The Morgan fingerprint density at radius 1 is 0.169 bits per heavy atom. The van der Waals surface area contributed by atoms with Gasteiger partial charge in [-0.05, 0) is 0 Å². The molecule has 59 heavy (non-hydrogen) atoms. The summed E-state index contributed by atoms with van der Waals surface area (Å²) in [5.74, 6) is 0. The number of benzene rings is 9. The molecule has 0 N–H and O–H groups in total. The number of rotatable bonds is 9. The van der Waals surface area contributed by atoms with Crippen LogP contribution in [0.3, 0.4) is 0 Å². The zero-order valence-electron chi connectivity index (χ0n) is 32.9. The Balaban J connectivity index is 0.000000146. The van der Waals surface area contributed by atoms with E-state index in [0.717, 1.165) is 0 Å². The summed E-state index contributed by atoms with van der Waals surface area (Å²) in [5, 5.41) is 0. The number of hydrogen-bond acceptors (Lipinski definition) is 0. The molecule has 9 aromatic rings. The normalized spacial score (nSPS) is 10.3.